The van der Waals surface area contributed by atoms with Crippen molar-refractivity contribution in [1.82, 2.24) is 9.21 Å². The van der Waals surface area contributed by atoms with Crippen molar-refractivity contribution in [1.29, 1.82) is 0 Å². The fourth-order valence-corrected chi connectivity index (χ4v) is 4.27. The van der Waals surface area contributed by atoms with E-state index in [2.05, 4.69) is 26.0 Å². The number of amides is 1. The molecule has 1 saturated heterocycles. The molecule has 1 aromatic carbocycles. The normalized spacial score (nSPS) is 17.7. The predicted octanol–water partition coefficient (Wildman–Crippen LogP) is 2.09. The third kappa shape index (κ3) is 4.57. The molecule has 1 aliphatic rings. The second-order valence-electron chi connectivity index (χ2n) is 7.38. The summed E-state index contributed by atoms with van der Waals surface area (Å²) >= 11 is 0. The van der Waals surface area contributed by atoms with E-state index in [1.807, 2.05) is 25.2 Å². The molecule has 0 aromatic heterocycles. The Labute approximate surface area is 145 Å². The van der Waals surface area contributed by atoms with Crippen molar-refractivity contribution < 1.29 is 13.2 Å². The molecule has 0 N–H and O–H groups in total. The Kier molecular flexibility index (Phi) is 5.71. The molecule has 1 aliphatic heterocycles. The Hall–Kier alpha value is -1.40. The first-order valence-corrected chi connectivity index (χ1v) is 10.2. The third-order valence-electron chi connectivity index (χ3n) is 4.84. The molecule has 1 fully saturated rings. The maximum atomic E-state index is 12.7. The van der Waals surface area contributed by atoms with Gasteiger partial charge in [0.1, 0.15) is 0 Å². The van der Waals surface area contributed by atoms with Crippen LogP contribution in [0.3, 0.4) is 0 Å². The van der Waals surface area contributed by atoms with Gasteiger partial charge in [-0.05, 0) is 18.4 Å². The molecule has 5 nitrogen and oxygen atoms in total. The largest absolute Gasteiger partial charge is 0.345 e. The number of likely N-dealkylation sites (N-methyl/N-ethyl adjacent to an activating group) is 1. The summed E-state index contributed by atoms with van der Waals surface area (Å²) < 4.78 is 24.6. The molecule has 0 radical (unpaired) electrons. The first-order chi connectivity index (χ1) is 11.1. The lowest BCUT2D eigenvalue weighted by Gasteiger charge is -2.35. The molecule has 0 bridgehead atoms. The van der Waals surface area contributed by atoms with E-state index in [-0.39, 0.29) is 17.2 Å². The molecular weight excluding hydrogens is 324 g/mol. The van der Waals surface area contributed by atoms with Gasteiger partial charge in [0.25, 0.3) is 0 Å². The maximum Gasteiger partial charge on any atom is 0.225 e. The molecule has 2 rings (SSSR count). The second kappa shape index (κ2) is 7.23. The average Bonchev–Trinajstić information content (AvgIpc) is 2.54. The Balaban J connectivity index is 1.96. The van der Waals surface area contributed by atoms with Gasteiger partial charge in [0, 0.05) is 38.0 Å². The van der Waals surface area contributed by atoms with Crippen LogP contribution in [0.1, 0.15) is 32.3 Å². The first kappa shape index (κ1) is 18.9. The number of piperidine rings is 1. The number of benzene rings is 1. The van der Waals surface area contributed by atoms with Crippen LogP contribution in [0.4, 0.5) is 0 Å². The predicted molar refractivity (Wildman–Crippen MR) is 96.2 cm³/mol. The van der Waals surface area contributed by atoms with E-state index in [0.29, 0.717) is 32.5 Å². The van der Waals surface area contributed by atoms with Crippen molar-refractivity contribution in [2.24, 2.45) is 5.92 Å². The Morgan fingerprint density at radius 3 is 2.25 bits per heavy atom. The highest BCUT2D eigenvalue weighted by Crippen LogP contribution is 2.26. The van der Waals surface area contributed by atoms with Crippen LogP contribution in [0.2, 0.25) is 0 Å². The minimum absolute atomic E-state index is 0.0837. The number of nitrogens with zero attached hydrogens (tertiary/aromatic N) is 2. The van der Waals surface area contributed by atoms with E-state index in [0.717, 1.165) is 0 Å². The van der Waals surface area contributed by atoms with Gasteiger partial charge in [0.05, 0.1) is 6.26 Å². The molecule has 0 saturated carbocycles. The molecular formula is C18H28N2O3S. The maximum absolute atomic E-state index is 12.7. The monoisotopic (exact) mass is 352 g/mol. The SMILES string of the molecule is CN(CC(C)(C)c1ccccc1)C(=O)C1CCN(S(C)(=O)=O)CC1. The van der Waals surface area contributed by atoms with Gasteiger partial charge in [0.15, 0.2) is 0 Å². The van der Waals surface area contributed by atoms with Crippen molar-refractivity contribution in [3.8, 4) is 0 Å². The molecule has 0 spiro atoms. The van der Waals surface area contributed by atoms with E-state index < -0.39 is 10.0 Å². The van der Waals surface area contributed by atoms with Crippen LogP contribution >= 0.6 is 0 Å². The summed E-state index contributed by atoms with van der Waals surface area (Å²) in [5.74, 6) is 0.0340. The van der Waals surface area contributed by atoms with Gasteiger partial charge < -0.3 is 4.90 Å². The summed E-state index contributed by atoms with van der Waals surface area (Å²) in [5, 5.41) is 0. The zero-order valence-electron chi connectivity index (χ0n) is 15.0. The van der Waals surface area contributed by atoms with Crippen molar-refractivity contribution in [2.75, 3.05) is 32.9 Å². The van der Waals surface area contributed by atoms with Crippen molar-refractivity contribution in [2.45, 2.75) is 32.1 Å². The number of hydrogen-bond acceptors (Lipinski definition) is 3. The summed E-state index contributed by atoms with van der Waals surface area (Å²) in [7, 11) is -1.31. The lowest BCUT2D eigenvalue weighted by Crippen LogP contribution is -2.45. The molecule has 24 heavy (non-hydrogen) atoms. The average molecular weight is 353 g/mol. The van der Waals surface area contributed by atoms with Crippen LogP contribution in [0.25, 0.3) is 0 Å². The second-order valence-corrected chi connectivity index (χ2v) is 9.36. The molecule has 0 atom stereocenters. The van der Waals surface area contributed by atoms with Gasteiger partial charge in [-0.15, -0.1) is 0 Å². The Morgan fingerprint density at radius 2 is 1.75 bits per heavy atom. The van der Waals surface area contributed by atoms with Crippen LogP contribution in [0.15, 0.2) is 30.3 Å². The van der Waals surface area contributed by atoms with E-state index in [1.54, 1.807) is 4.90 Å². The fourth-order valence-electron chi connectivity index (χ4n) is 3.40. The fraction of sp³-hybridized carbons (Fsp3) is 0.611. The van der Waals surface area contributed by atoms with Crippen molar-refractivity contribution in [3.05, 3.63) is 35.9 Å². The van der Waals surface area contributed by atoms with Gasteiger partial charge in [-0.25, -0.2) is 12.7 Å². The molecule has 0 unspecified atom stereocenters. The number of carbonyl (C=O) groups excluding carboxylic acids is 1. The van der Waals surface area contributed by atoms with Gasteiger partial charge in [-0.3, -0.25) is 4.79 Å². The topological polar surface area (TPSA) is 57.7 Å². The molecule has 0 aliphatic carbocycles. The number of sulfonamides is 1. The highest BCUT2D eigenvalue weighted by atomic mass is 32.2. The highest BCUT2D eigenvalue weighted by Gasteiger charge is 2.32. The molecule has 1 heterocycles. The first-order valence-electron chi connectivity index (χ1n) is 8.37. The van der Waals surface area contributed by atoms with E-state index in [1.165, 1.54) is 16.1 Å². The Bertz CT molecular complexity index is 663. The van der Waals surface area contributed by atoms with E-state index in [4.69, 9.17) is 0 Å². The minimum atomic E-state index is -3.15. The molecule has 1 amide bonds. The summed E-state index contributed by atoms with van der Waals surface area (Å²) in [5.41, 5.74) is 1.08. The van der Waals surface area contributed by atoms with Crippen LogP contribution in [-0.4, -0.2) is 56.5 Å². The minimum Gasteiger partial charge on any atom is -0.345 e. The summed E-state index contributed by atoms with van der Waals surface area (Å²) in [6.45, 7) is 5.79. The zero-order chi connectivity index (χ0) is 18.0. The van der Waals surface area contributed by atoms with Gasteiger partial charge >= 0.3 is 0 Å². The van der Waals surface area contributed by atoms with Gasteiger partial charge in [0.2, 0.25) is 15.9 Å². The molecule has 1 aromatic rings. The molecule has 6 heteroatoms. The van der Waals surface area contributed by atoms with Crippen LogP contribution in [0, 0.1) is 5.92 Å². The number of rotatable bonds is 5. The summed E-state index contributed by atoms with van der Waals surface area (Å²) in [6.07, 6.45) is 2.42. The quantitative estimate of drug-likeness (QED) is 0.815. The summed E-state index contributed by atoms with van der Waals surface area (Å²) in [4.78, 5) is 14.5. The molecule has 134 valence electrons. The number of carbonyl (C=O) groups is 1. The standard InChI is InChI=1S/C18H28N2O3S/c1-18(2,16-8-6-5-7-9-16)14-19(3)17(21)15-10-12-20(13-11-15)24(4,22)23/h5-9,15H,10-14H2,1-4H3. The smallest absolute Gasteiger partial charge is 0.225 e. The third-order valence-corrected chi connectivity index (χ3v) is 6.14. The summed E-state index contributed by atoms with van der Waals surface area (Å²) in [6, 6.07) is 10.2. The van der Waals surface area contributed by atoms with Crippen LogP contribution in [-0.2, 0) is 20.2 Å². The lowest BCUT2D eigenvalue weighted by atomic mass is 9.84. The Morgan fingerprint density at radius 1 is 1.21 bits per heavy atom. The van der Waals surface area contributed by atoms with E-state index in [9.17, 15) is 13.2 Å². The van der Waals surface area contributed by atoms with Crippen LogP contribution in [0.5, 0.6) is 0 Å². The van der Waals surface area contributed by atoms with Crippen molar-refractivity contribution >= 4 is 15.9 Å². The number of hydrogen-bond donors (Lipinski definition) is 0. The van der Waals surface area contributed by atoms with Gasteiger partial charge in [-0.1, -0.05) is 44.2 Å². The van der Waals surface area contributed by atoms with Gasteiger partial charge in [-0.2, -0.15) is 0 Å². The highest BCUT2D eigenvalue weighted by molar-refractivity contribution is 7.88. The van der Waals surface area contributed by atoms with E-state index >= 15 is 0 Å². The lowest BCUT2D eigenvalue weighted by molar-refractivity contribution is -0.136. The van der Waals surface area contributed by atoms with Crippen LogP contribution < -0.4 is 0 Å². The zero-order valence-corrected chi connectivity index (χ0v) is 15.8. The van der Waals surface area contributed by atoms with Crippen molar-refractivity contribution in [3.63, 3.8) is 0 Å².